The Morgan fingerprint density at radius 3 is 2.44 bits per heavy atom. The van der Waals surface area contributed by atoms with Crippen molar-refractivity contribution < 1.29 is 0 Å². The topological polar surface area (TPSA) is 76.5 Å². The lowest BCUT2D eigenvalue weighted by Crippen LogP contribution is -2.17. The summed E-state index contributed by atoms with van der Waals surface area (Å²) in [4.78, 5) is 27.9. The maximum absolute atomic E-state index is 12.3. The van der Waals surface area contributed by atoms with Gasteiger partial charge in [0.2, 0.25) is 5.95 Å². The van der Waals surface area contributed by atoms with E-state index in [2.05, 4.69) is 32.9 Å². The minimum atomic E-state index is -0.256. The average Bonchev–Trinajstić information content (AvgIpc) is 2.99. The van der Waals surface area contributed by atoms with Gasteiger partial charge in [-0.1, -0.05) is 33.6 Å². The molecule has 1 aliphatic rings. The molecule has 3 aromatic rings. The maximum atomic E-state index is 12.3. The number of H-pyrrole nitrogens is 1. The highest BCUT2D eigenvalue weighted by atomic mass is 16.1. The van der Waals surface area contributed by atoms with Gasteiger partial charge in [0.05, 0.1) is 5.52 Å². The molecule has 132 valence electrons. The average molecular weight is 339 g/mol. The van der Waals surface area contributed by atoms with Crippen LogP contribution in [-0.2, 0) is 0 Å². The summed E-state index contributed by atoms with van der Waals surface area (Å²) < 4.78 is 1.50. The summed E-state index contributed by atoms with van der Waals surface area (Å²) in [5.41, 5.74) is 2.27. The third-order valence-electron chi connectivity index (χ3n) is 4.80. The third kappa shape index (κ3) is 3.48. The van der Waals surface area contributed by atoms with E-state index in [9.17, 15) is 4.79 Å². The van der Waals surface area contributed by atoms with Gasteiger partial charge in [-0.05, 0) is 42.4 Å². The van der Waals surface area contributed by atoms with Crippen LogP contribution in [-0.4, -0.2) is 24.5 Å². The van der Waals surface area contributed by atoms with Crippen LogP contribution in [0.15, 0.2) is 35.5 Å². The highest BCUT2D eigenvalue weighted by Gasteiger charge is 2.21. The molecule has 3 heterocycles. The molecule has 0 spiro atoms. The number of hydrogen-bond donors (Lipinski definition) is 1. The SMILES string of the molecule is CC.CC1CCC(c2cnc3[nH]c(=O)n(-c4ncccn4)c3c2)CC1. The fourth-order valence-electron chi connectivity index (χ4n) is 3.42. The second-order valence-electron chi connectivity index (χ2n) is 6.41. The second-order valence-corrected chi connectivity index (χ2v) is 6.41. The van der Waals surface area contributed by atoms with Crippen molar-refractivity contribution in [2.45, 2.75) is 52.4 Å². The van der Waals surface area contributed by atoms with Crippen molar-refractivity contribution in [3.63, 3.8) is 0 Å². The van der Waals surface area contributed by atoms with Gasteiger partial charge in [-0.2, -0.15) is 0 Å². The predicted molar refractivity (Wildman–Crippen MR) is 99.0 cm³/mol. The first-order valence-electron chi connectivity index (χ1n) is 9.10. The zero-order valence-corrected chi connectivity index (χ0v) is 15.1. The van der Waals surface area contributed by atoms with Gasteiger partial charge in [-0.25, -0.2) is 24.3 Å². The molecule has 0 aromatic carbocycles. The van der Waals surface area contributed by atoms with E-state index in [1.165, 1.54) is 35.8 Å². The number of pyridine rings is 1. The predicted octanol–water partition coefficient (Wildman–Crippen LogP) is 3.82. The van der Waals surface area contributed by atoms with Gasteiger partial charge in [-0.3, -0.25) is 4.98 Å². The molecule has 25 heavy (non-hydrogen) atoms. The molecule has 0 saturated heterocycles. The molecule has 0 aliphatic heterocycles. The van der Waals surface area contributed by atoms with Crippen molar-refractivity contribution in [3.05, 3.63) is 46.8 Å². The van der Waals surface area contributed by atoms with Crippen LogP contribution in [0.4, 0.5) is 0 Å². The van der Waals surface area contributed by atoms with Crippen LogP contribution in [0.25, 0.3) is 17.1 Å². The molecule has 0 bridgehead atoms. The van der Waals surface area contributed by atoms with Crippen LogP contribution in [0.2, 0.25) is 0 Å². The Hall–Kier alpha value is -2.50. The molecule has 1 saturated carbocycles. The van der Waals surface area contributed by atoms with Gasteiger partial charge in [0.25, 0.3) is 0 Å². The van der Waals surface area contributed by atoms with Crippen LogP contribution in [0, 0.1) is 5.92 Å². The molecule has 1 fully saturated rings. The van der Waals surface area contributed by atoms with Crippen molar-refractivity contribution in [2.24, 2.45) is 5.92 Å². The Kier molecular flexibility index (Phi) is 5.26. The molecule has 3 aromatic heterocycles. The largest absolute Gasteiger partial charge is 0.334 e. The fourth-order valence-corrected chi connectivity index (χ4v) is 3.42. The Morgan fingerprint density at radius 1 is 1.08 bits per heavy atom. The number of imidazole rings is 1. The highest BCUT2D eigenvalue weighted by Crippen LogP contribution is 2.35. The number of nitrogens with one attached hydrogen (secondary N) is 1. The molecule has 1 N–H and O–H groups in total. The third-order valence-corrected chi connectivity index (χ3v) is 4.80. The van der Waals surface area contributed by atoms with Crippen LogP contribution in [0.3, 0.4) is 0 Å². The zero-order valence-electron chi connectivity index (χ0n) is 15.1. The minimum absolute atomic E-state index is 0.256. The Bertz CT molecular complexity index is 876. The van der Waals surface area contributed by atoms with Crippen molar-refractivity contribution >= 4 is 11.2 Å². The summed E-state index contributed by atoms with van der Waals surface area (Å²) in [5.74, 6) is 1.71. The number of aromatic nitrogens is 5. The van der Waals surface area contributed by atoms with Gasteiger partial charge in [0.15, 0.2) is 5.65 Å². The molecule has 0 radical (unpaired) electrons. The smallest absolute Gasteiger partial charge is 0.290 e. The first-order valence-corrected chi connectivity index (χ1v) is 9.10. The van der Waals surface area contributed by atoms with Gasteiger partial charge in [0.1, 0.15) is 0 Å². The van der Waals surface area contributed by atoms with E-state index < -0.39 is 0 Å². The van der Waals surface area contributed by atoms with E-state index in [0.717, 1.165) is 11.4 Å². The molecule has 6 heteroatoms. The van der Waals surface area contributed by atoms with E-state index in [4.69, 9.17) is 0 Å². The normalized spacial score (nSPS) is 20.1. The van der Waals surface area contributed by atoms with Gasteiger partial charge in [-0.15, -0.1) is 0 Å². The van der Waals surface area contributed by atoms with E-state index in [-0.39, 0.29) is 5.69 Å². The van der Waals surface area contributed by atoms with E-state index in [0.29, 0.717) is 17.5 Å². The summed E-state index contributed by atoms with van der Waals surface area (Å²) in [6.07, 6.45) is 10.0. The number of nitrogens with zero attached hydrogens (tertiary/aromatic N) is 4. The molecular formula is C19H25N5O. The van der Waals surface area contributed by atoms with E-state index >= 15 is 0 Å². The molecule has 0 amide bonds. The van der Waals surface area contributed by atoms with Gasteiger partial charge >= 0.3 is 5.69 Å². The summed E-state index contributed by atoms with van der Waals surface area (Å²) in [6.45, 7) is 6.31. The molecular weight excluding hydrogens is 314 g/mol. The standard InChI is InChI=1S/C17H19N5O.C2H6/c1-11-3-5-12(6-4-11)13-9-14-15(20-10-13)21-17(23)22(14)16-18-7-2-8-19-16;1-2/h2,7-12H,3-6H2,1H3,(H,20,21,23);1-2H3. The molecule has 4 rings (SSSR count). The quantitative estimate of drug-likeness (QED) is 0.770. The molecule has 6 nitrogen and oxygen atoms in total. The van der Waals surface area contributed by atoms with Crippen molar-refractivity contribution in [3.8, 4) is 5.95 Å². The second kappa shape index (κ2) is 7.59. The highest BCUT2D eigenvalue weighted by molar-refractivity contribution is 5.73. The first-order chi connectivity index (χ1) is 12.2. The Morgan fingerprint density at radius 2 is 1.76 bits per heavy atom. The summed E-state index contributed by atoms with van der Waals surface area (Å²) in [6, 6.07) is 3.80. The van der Waals surface area contributed by atoms with E-state index in [1.54, 1.807) is 18.5 Å². The van der Waals surface area contributed by atoms with Crippen molar-refractivity contribution in [2.75, 3.05) is 0 Å². The number of rotatable bonds is 2. The molecule has 1 aliphatic carbocycles. The lowest BCUT2D eigenvalue weighted by molar-refractivity contribution is 0.347. The Balaban J connectivity index is 0.000000880. The van der Waals surface area contributed by atoms with Gasteiger partial charge in [0, 0.05) is 18.6 Å². The monoisotopic (exact) mass is 339 g/mol. The summed E-state index contributed by atoms with van der Waals surface area (Å²) >= 11 is 0. The maximum Gasteiger partial charge on any atom is 0.334 e. The number of aromatic amines is 1. The zero-order chi connectivity index (χ0) is 17.8. The minimum Gasteiger partial charge on any atom is -0.290 e. The van der Waals surface area contributed by atoms with E-state index in [1.807, 2.05) is 20.0 Å². The molecule has 0 unspecified atom stereocenters. The lowest BCUT2D eigenvalue weighted by Gasteiger charge is -2.26. The Labute approximate surface area is 147 Å². The number of fused-ring (bicyclic) bond motifs is 1. The number of hydrogen-bond acceptors (Lipinski definition) is 4. The molecule has 0 atom stereocenters. The van der Waals surface area contributed by atoms with Crippen molar-refractivity contribution in [1.82, 2.24) is 24.5 Å². The van der Waals surface area contributed by atoms with Crippen LogP contribution in [0.1, 0.15) is 57.9 Å². The fraction of sp³-hybridized carbons (Fsp3) is 0.474. The first kappa shape index (κ1) is 17.3. The van der Waals surface area contributed by atoms with Crippen LogP contribution in [0.5, 0.6) is 0 Å². The van der Waals surface area contributed by atoms with Crippen LogP contribution < -0.4 is 5.69 Å². The van der Waals surface area contributed by atoms with Gasteiger partial charge < -0.3 is 0 Å². The van der Waals surface area contributed by atoms with Crippen LogP contribution >= 0.6 is 0 Å². The summed E-state index contributed by atoms with van der Waals surface area (Å²) in [7, 11) is 0. The summed E-state index contributed by atoms with van der Waals surface area (Å²) in [5, 5.41) is 0. The lowest BCUT2D eigenvalue weighted by atomic mass is 9.80. The van der Waals surface area contributed by atoms with Crippen molar-refractivity contribution in [1.29, 1.82) is 0 Å².